The fourth-order valence-electron chi connectivity index (χ4n) is 3.42. The summed E-state index contributed by atoms with van der Waals surface area (Å²) in [4.78, 5) is 18.2. The Morgan fingerprint density at radius 1 is 1.00 bits per heavy atom. The van der Waals surface area contributed by atoms with Crippen molar-refractivity contribution in [2.75, 3.05) is 25.0 Å². The highest BCUT2D eigenvalue weighted by molar-refractivity contribution is 5.93. The molecule has 0 radical (unpaired) electrons. The Kier molecular flexibility index (Phi) is 7.47. The molecule has 0 saturated carbocycles. The van der Waals surface area contributed by atoms with Crippen LogP contribution in [0, 0.1) is 0 Å². The van der Waals surface area contributed by atoms with Gasteiger partial charge in [0.25, 0.3) is 0 Å². The Morgan fingerprint density at radius 2 is 1.79 bits per heavy atom. The number of rotatable bonds is 7. The Bertz CT molecular complexity index is 771. The van der Waals surface area contributed by atoms with E-state index in [4.69, 9.17) is 0 Å². The summed E-state index contributed by atoms with van der Waals surface area (Å²) in [6.45, 7) is 2.41. The second kappa shape index (κ2) is 10.5. The highest BCUT2D eigenvalue weighted by Crippen LogP contribution is 2.21. The van der Waals surface area contributed by atoms with E-state index in [-0.39, 0.29) is 5.91 Å². The molecule has 2 aromatic carbocycles. The Hall–Kier alpha value is -2.82. The van der Waals surface area contributed by atoms with Gasteiger partial charge in [-0.15, -0.1) is 0 Å². The quantitative estimate of drug-likeness (QED) is 0.440. The molecule has 5 nitrogen and oxygen atoms in total. The van der Waals surface area contributed by atoms with Gasteiger partial charge in [0.2, 0.25) is 5.91 Å². The molecule has 2 N–H and O–H groups in total. The smallest absolute Gasteiger partial charge is 0.226 e. The van der Waals surface area contributed by atoms with Gasteiger partial charge in [-0.2, -0.15) is 0 Å². The van der Waals surface area contributed by atoms with Gasteiger partial charge < -0.3 is 15.5 Å². The van der Waals surface area contributed by atoms with E-state index >= 15 is 0 Å². The second-order valence-corrected chi connectivity index (χ2v) is 7.11. The molecule has 0 atom stereocenters. The number of carbonyl (C=O) groups excluding carboxylic acids is 1. The maximum atomic E-state index is 12.0. The van der Waals surface area contributed by atoms with E-state index < -0.39 is 0 Å². The summed E-state index contributed by atoms with van der Waals surface area (Å²) in [6, 6.07) is 18.8. The average Bonchev–Trinajstić information content (AvgIpc) is 2.75. The number of aliphatic imine (C=N–C) groups is 1. The van der Waals surface area contributed by atoms with Crippen molar-refractivity contribution in [3.63, 3.8) is 0 Å². The van der Waals surface area contributed by atoms with E-state index in [9.17, 15) is 4.79 Å². The molecule has 1 aliphatic rings. The summed E-state index contributed by atoms with van der Waals surface area (Å²) < 4.78 is 0. The van der Waals surface area contributed by atoms with Crippen molar-refractivity contribution >= 4 is 17.6 Å². The van der Waals surface area contributed by atoms with Gasteiger partial charge in [0.15, 0.2) is 5.96 Å². The van der Waals surface area contributed by atoms with Gasteiger partial charge in [-0.1, -0.05) is 42.5 Å². The molecular weight excluding hydrogens is 348 g/mol. The molecule has 2 aromatic rings. The van der Waals surface area contributed by atoms with Crippen molar-refractivity contribution in [3.05, 3.63) is 65.7 Å². The highest BCUT2D eigenvalue weighted by atomic mass is 16.2. The van der Waals surface area contributed by atoms with Crippen LogP contribution in [0.4, 0.5) is 5.69 Å². The first-order chi connectivity index (χ1) is 13.8. The van der Waals surface area contributed by atoms with Gasteiger partial charge in [-0.3, -0.25) is 9.79 Å². The largest absolute Gasteiger partial charge is 0.356 e. The summed E-state index contributed by atoms with van der Waals surface area (Å²) in [5, 5.41) is 6.72. The summed E-state index contributed by atoms with van der Waals surface area (Å²) in [5.41, 5.74) is 3.52. The number of hydrogen-bond acceptors (Lipinski definition) is 2. The number of benzene rings is 2. The van der Waals surface area contributed by atoms with Crippen molar-refractivity contribution in [1.29, 1.82) is 0 Å². The van der Waals surface area contributed by atoms with E-state index in [0.717, 1.165) is 50.4 Å². The third kappa shape index (κ3) is 5.84. The molecule has 0 spiro atoms. The lowest BCUT2D eigenvalue weighted by molar-refractivity contribution is -0.119. The Balaban J connectivity index is 1.41. The van der Waals surface area contributed by atoms with Crippen LogP contribution in [0.2, 0.25) is 0 Å². The fourth-order valence-corrected chi connectivity index (χ4v) is 3.42. The molecular formula is C23H30N4O. The van der Waals surface area contributed by atoms with Crippen LogP contribution in [0.15, 0.2) is 59.6 Å². The fraction of sp³-hybridized carbons (Fsp3) is 0.391. The van der Waals surface area contributed by atoms with Crippen LogP contribution in [0.1, 0.15) is 36.8 Å². The zero-order chi connectivity index (χ0) is 19.6. The van der Waals surface area contributed by atoms with Crippen molar-refractivity contribution in [2.24, 2.45) is 4.99 Å². The minimum absolute atomic E-state index is 0.234. The number of nitrogens with zero attached hydrogens (tertiary/aromatic N) is 2. The van der Waals surface area contributed by atoms with Crippen LogP contribution in [0.3, 0.4) is 0 Å². The molecule has 3 rings (SSSR count). The lowest BCUT2D eigenvalue weighted by Crippen LogP contribution is -2.37. The molecule has 1 aliphatic heterocycles. The van der Waals surface area contributed by atoms with Gasteiger partial charge in [0.05, 0.1) is 0 Å². The topological polar surface area (TPSA) is 56.7 Å². The first-order valence-electron chi connectivity index (χ1n) is 10.1. The maximum Gasteiger partial charge on any atom is 0.226 e. The molecule has 0 aromatic heterocycles. The predicted octanol–water partition coefficient (Wildman–Crippen LogP) is 3.50. The van der Waals surface area contributed by atoms with Crippen molar-refractivity contribution in [3.8, 4) is 0 Å². The molecule has 28 heavy (non-hydrogen) atoms. The van der Waals surface area contributed by atoms with Gasteiger partial charge in [-0.05, 0) is 48.9 Å². The van der Waals surface area contributed by atoms with Crippen LogP contribution >= 0.6 is 0 Å². The summed E-state index contributed by atoms with van der Waals surface area (Å²) in [5.74, 6) is 1.04. The van der Waals surface area contributed by atoms with Gasteiger partial charge in [0.1, 0.15) is 0 Å². The summed E-state index contributed by atoms with van der Waals surface area (Å²) in [7, 11) is 1.79. The predicted molar refractivity (Wildman–Crippen MR) is 116 cm³/mol. The maximum absolute atomic E-state index is 12.0. The Morgan fingerprint density at radius 3 is 2.50 bits per heavy atom. The van der Waals surface area contributed by atoms with Gasteiger partial charge in [-0.25, -0.2) is 0 Å². The monoisotopic (exact) mass is 378 g/mol. The number of carbonyl (C=O) groups is 1. The van der Waals surface area contributed by atoms with Crippen LogP contribution in [0.5, 0.6) is 0 Å². The standard InChI is InChI=1S/C23H30N4O/c1-24-23(25-16-7-10-19-8-3-2-4-9-19)26-18-20-12-14-21(15-13-20)27-17-6-5-11-22(27)28/h2-4,8-9,12-15H,5-7,10-11,16-18H2,1H3,(H2,24,25,26). The van der Waals surface area contributed by atoms with Crippen LogP contribution in [0.25, 0.3) is 0 Å². The highest BCUT2D eigenvalue weighted by Gasteiger charge is 2.19. The van der Waals surface area contributed by atoms with E-state index in [1.54, 1.807) is 7.05 Å². The summed E-state index contributed by atoms with van der Waals surface area (Å²) in [6.07, 6.45) is 4.87. The minimum Gasteiger partial charge on any atom is -0.356 e. The molecule has 0 unspecified atom stereocenters. The van der Waals surface area contributed by atoms with Crippen LogP contribution in [-0.4, -0.2) is 32.0 Å². The molecule has 1 amide bonds. The normalized spacial score (nSPS) is 14.8. The van der Waals surface area contributed by atoms with Crippen LogP contribution < -0.4 is 15.5 Å². The molecule has 5 heteroatoms. The number of amides is 1. The number of hydrogen-bond donors (Lipinski definition) is 2. The zero-order valence-corrected chi connectivity index (χ0v) is 16.7. The third-order valence-electron chi connectivity index (χ3n) is 5.03. The SMILES string of the molecule is CN=C(NCCCc1ccccc1)NCc1ccc(N2CCCCC2=O)cc1. The van der Waals surface area contributed by atoms with E-state index in [2.05, 4.69) is 52.0 Å². The van der Waals surface area contributed by atoms with Crippen molar-refractivity contribution in [1.82, 2.24) is 10.6 Å². The minimum atomic E-state index is 0.234. The average molecular weight is 379 g/mol. The lowest BCUT2D eigenvalue weighted by Gasteiger charge is -2.26. The molecule has 1 heterocycles. The van der Waals surface area contributed by atoms with Gasteiger partial charge >= 0.3 is 0 Å². The molecule has 148 valence electrons. The van der Waals surface area contributed by atoms with Gasteiger partial charge in [0, 0.05) is 38.8 Å². The molecule has 0 aliphatic carbocycles. The van der Waals surface area contributed by atoms with Crippen LogP contribution in [-0.2, 0) is 17.8 Å². The van der Waals surface area contributed by atoms with E-state index in [0.29, 0.717) is 13.0 Å². The van der Waals surface area contributed by atoms with E-state index in [1.165, 1.54) is 11.1 Å². The molecule has 1 fully saturated rings. The summed E-state index contributed by atoms with van der Waals surface area (Å²) >= 11 is 0. The number of aryl methyl sites for hydroxylation is 1. The Labute approximate surface area is 167 Å². The first-order valence-corrected chi connectivity index (χ1v) is 10.1. The van der Waals surface area contributed by atoms with Crippen molar-refractivity contribution in [2.45, 2.75) is 38.6 Å². The van der Waals surface area contributed by atoms with E-state index in [1.807, 2.05) is 23.1 Å². The third-order valence-corrected chi connectivity index (χ3v) is 5.03. The number of guanidine groups is 1. The number of nitrogens with one attached hydrogen (secondary N) is 2. The second-order valence-electron chi connectivity index (χ2n) is 7.11. The number of anilines is 1. The molecule has 0 bridgehead atoms. The molecule has 1 saturated heterocycles. The van der Waals surface area contributed by atoms with Crippen molar-refractivity contribution < 1.29 is 4.79 Å². The lowest BCUT2D eigenvalue weighted by atomic mass is 10.1. The zero-order valence-electron chi connectivity index (χ0n) is 16.7. The number of piperidine rings is 1. The first kappa shape index (κ1) is 19.9.